The van der Waals surface area contributed by atoms with Crippen molar-refractivity contribution in [3.8, 4) is 0 Å². The summed E-state index contributed by atoms with van der Waals surface area (Å²) in [5.74, 6) is -0.122. The molecule has 0 aliphatic heterocycles. The first kappa shape index (κ1) is 18.5. The third-order valence-corrected chi connectivity index (χ3v) is 4.20. The molecule has 0 aliphatic rings. The van der Waals surface area contributed by atoms with E-state index in [9.17, 15) is 9.18 Å². The van der Waals surface area contributed by atoms with Crippen LogP contribution in [0.1, 0.15) is 42.5 Å². The predicted molar refractivity (Wildman–Crippen MR) is 93.6 cm³/mol. The molecule has 1 amide bonds. The van der Waals surface area contributed by atoms with Gasteiger partial charge in [-0.1, -0.05) is 31.5 Å². The molecule has 0 N–H and O–H groups in total. The molecule has 1 heterocycles. The fraction of sp³-hybridized carbons (Fsp3) is 0.444. The highest BCUT2D eigenvalue weighted by Crippen LogP contribution is 2.22. The second kappa shape index (κ2) is 7.79. The van der Waals surface area contributed by atoms with Gasteiger partial charge in [0.1, 0.15) is 11.5 Å². The molecule has 2 aromatic rings. The molecule has 1 aromatic carbocycles. The highest BCUT2D eigenvalue weighted by Gasteiger charge is 2.21. The van der Waals surface area contributed by atoms with Crippen LogP contribution in [0.15, 0.2) is 24.3 Å². The lowest BCUT2D eigenvalue weighted by Gasteiger charge is -2.21. The summed E-state index contributed by atoms with van der Waals surface area (Å²) in [6, 6.07) is 6.35. The molecule has 1 aromatic heterocycles. The van der Waals surface area contributed by atoms with Crippen molar-refractivity contribution in [2.24, 2.45) is 13.0 Å². The Hall–Kier alpha value is -1.88. The molecule has 0 saturated heterocycles. The molecule has 0 saturated carbocycles. The molecule has 0 atom stereocenters. The van der Waals surface area contributed by atoms with E-state index in [1.807, 2.05) is 13.0 Å². The molecular weight excluding hydrogens is 329 g/mol. The van der Waals surface area contributed by atoms with Crippen molar-refractivity contribution in [2.75, 3.05) is 6.54 Å². The fourth-order valence-corrected chi connectivity index (χ4v) is 2.83. The van der Waals surface area contributed by atoms with Crippen LogP contribution < -0.4 is 0 Å². The van der Waals surface area contributed by atoms with Crippen LogP contribution in [0.4, 0.5) is 4.39 Å². The maximum absolute atomic E-state index is 14.0. The Morgan fingerprint density at radius 1 is 1.42 bits per heavy atom. The number of hydrogen-bond acceptors (Lipinski definition) is 2. The molecule has 0 fully saturated rings. The average molecular weight is 352 g/mol. The summed E-state index contributed by atoms with van der Waals surface area (Å²) < 4.78 is 15.6. The van der Waals surface area contributed by atoms with Gasteiger partial charge in [-0.15, -0.1) is 0 Å². The molecule has 24 heavy (non-hydrogen) atoms. The first-order chi connectivity index (χ1) is 11.3. The van der Waals surface area contributed by atoms with Crippen LogP contribution in [-0.4, -0.2) is 27.1 Å². The van der Waals surface area contributed by atoms with Crippen LogP contribution >= 0.6 is 11.6 Å². The molecule has 4 nitrogen and oxygen atoms in total. The third kappa shape index (κ3) is 4.15. The van der Waals surface area contributed by atoms with Crippen LogP contribution in [0.2, 0.25) is 5.02 Å². The molecule has 0 spiro atoms. The van der Waals surface area contributed by atoms with E-state index in [1.54, 1.807) is 28.8 Å². The number of carbonyl (C=O) groups excluding carboxylic acids is 1. The first-order valence-corrected chi connectivity index (χ1v) is 8.46. The quantitative estimate of drug-likeness (QED) is 0.786. The van der Waals surface area contributed by atoms with Gasteiger partial charge in [-0.2, -0.15) is 5.10 Å². The number of hydrogen-bond donors (Lipinski definition) is 0. The van der Waals surface area contributed by atoms with Gasteiger partial charge < -0.3 is 4.90 Å². The Bertz CT molecular complexity index is 707. The van der Waals surface area contributed by atoms with Crippen LogP contribution in [0, 0.1) is 11.7 Å². The summed E-state index contributed by atoms with van der Waals surface area (Å²) in [5, 5.41) is 4.73. The number of aromatic nitrogens is 2. The normalized spacial score (nSPS) is 11.1. The lowest BCUT2D eigenvalue weighted by Crippen LogP contribution is -2.32. The highest BCUT2D eigenvalue weighted by molar-refractivity contribution is 6.31. The van der Waals surface area contributed by atoms with Gasteiger partial charge in [0.05, 0.1) is 12.2 Å². The largest absolute Gasteiger partial charge is 0.333 e. The molecule has 0 unspecified atom stereocenters. The van der Waals surface area contributed by atoms with Crippen LogP contribution in [0.5, 0.6) is 0 Å². The van der Waals surface area contributed by atoms with E-state index in [4.69, 9.17) is 11.6 Å². The summed E-state index contributed by atoms with van der Waals surface area (Å²) in [4.78, 5) is 14.4. The summed E-state index contributed by atoms with van der Waals surface area (Å²) in [5.41, 5.74) is 1.72. The Balaban J connectivity index is 2.24. The number of halogens is 2. The lowest BCUT2D eigenvalue weighted by molar-refractivity contribution is 0.0740. The topological polar surface area (TPSA) is 38.1 Å². The zero-order valence-electron chi connectivity index (χ0n) is 14.5. The third-order valence-electron chi connectivity index (χ3n) is 3.85. The molecule has 6 heteroatoms. The highest BCUT2D eigenvalue weighted by atomic mass is 35.5. The predicted octanol–water partition coefficient (Wildman–Crippen LogP) is 4.07. The number of nitrogens with zero attached hydrogens (tertiary/aromatic N) is 3. The van der Waals surface area contributed by atoms with Gasteiger partial charge in [0.2, 0.25) is 0 Å². The van der Waals surface area contributed by atoms with Gasteiger partial charge in [-0.05, 0) is 37.5 Å². The zero-order chi connectivity index (χ0) is 17.9. The molecule has 0 bridgehead atoms. The number of aryl methyl sites for hydroxylation is 1. The molecule has 130 valence electrons. The van der Waals surface area contributed by atoms with Crippen molar-refractivity contribution in [1.29, 1.82) is 0 Å². The Morgan fingerprint density at radius 2 is 2.12 bits per heavy atom. The smallest absolute Gasteiger partial charge is 0.272 e. The summed E-state index contributed by atoms with van der Waals surface area (Å²) in [6.45, 7) is 6.65. The fourth-order valence-electron chi connectivity index (χ4n) is 2.61. The van der Waals surface area contributed by atoms with Gasteiger partial charge in [-0.25, -0.2) is 4.39 Å². The lowest BCUT2D eigenvalue weighted by atomic mass is 10.1. The van der Waals surface area contributed by atoms with Crippen molar-refractivity contribution in [3.63, 3.8) is 0 Å². The van der Waals surface area contributed by atoms with Gasteiger partial charge in [0, 0.05) is 24.2 Å². The van der Waals surface area contributed by atoms with E-state index in [0.29, 0.717) is 28.7 Å². The Morgan fingerprint density at radius 3 is 2.71 bits per heavy atom. The Labute approximate surface area is 147 Å². The number of rotatable bonds is 6. The van der Waals surface area contributed by atoms with Crippen molar-refractivity contribution < 1.29 is 9.18 Å². The van der Waals surface area contributed by atoms with Crippen LogP contribution in [0.3, 0.4) is 0 Å². The van der Waals surface area contributed by atoms with Crippen molar-refractivity contribution >= 4 is 17.5 Å². The second-order valence-corrected chi connectivity index (χ2v) is 6.67. The van der Waals surface area contributed by atoms with Crippen molar-refractivity contribution in [1.82, 2.24) is 14.7 Å². The van der Waals surface area contributed by atoms with Gasteiger partial charge in [-0.3, -0.25) is 9.48 Å². The average Bonchev–Trinajstić information content (AvgIpc) is 2.86. The summed E-state index contributed by atoms with van der Waals surface area (Å²) >= 11 is 6.08. The summed E-state index contributed by atoms with van der Waals surface area (Å²) in [7, 11) is 1.75. The van der Waals surface area contributed by atoms with Crippen molar-refractivity contribution in [2.45, 2.75) is 33.7 Å². The monoisotopic (exact) mass is 351 g/mol. The number of carbonyl (C=O) groups is 1. The van der Waals surface area contributed by atoms with Gasteiger partial charge in [0.25, 0.3) is 5.91 Å². The zero-order valence-corrected chi connectivity index (χ0v) is 15.3. The SMILES string of the molecule is CCN(Cc1c(F)cccc1Cl)C(=O)c1cc(CC(C)C)nn1C. The molecule has 0 aliphatic carbocycles. The molecule has 2 rings (SSSR count). The van der Waals surface area contributed by atoms with Gasteiger partial charge in [0.15, 0.2) is 0 Å². The van der Waals surface area contributed by atoms with E-state index >= 15 is 0 Å². The van der Waals surface area contributed by atoms with E-state index in [0.717, 1.165) is 12.1 Å². The molecule has 0 radical (unpaired) electrons. The summed E-state index contributed by atoms with van der Waals surface area (Å²) in [6.07, 6.45) is 0.812. The maximum Gasteiger partial charge on any atom is 0.272 e. The number of benzene rings is 1. The van der Waals surface area contributed by atoms with Gasteiger partial charge >= 0.3 is 0 Å². The minimum Gasteiger partial charge on any atom is -0.333 e. The minimum absolute atomic E-state index is 0.130. The second-order valence-electron chi connectivity index (χ2n) is 6.26. The van der Waals surface area contributed by atoms with Crippen LogP contribution in [0.25, 0.3) is 0 Å². The van der Waals surface area contributed by atoms with E-state index in [2.05, 4.69) is 18.9 Å². The van der Waals surface area contributed by atoms with E-state index in [-0.39, 0.29) is 12.5 Å². The maximum atomic E-state index is 14.0. The Kier molecular flexibility index (Phi) is 5.99. The minimum atomic E-state index is -0.403. The number of amides is 1. The van der Waals surface area contributed by atoms with Crippen LogP contribution in [-0.2, 0) is 20.0 Å². The first-order valence-electron chi connectivity index (χ1n) is 8.08. The molecular formula is C18H23ClFN3O. The standard InChI is InChI=1S/C18H23ClFN3O/c1-5-23(11-14-15(19)7-6-8-16(14)20)18(24)17-10-13(9-12(2)3)21-22(17)4/h6-8,10,12H,5,9,11H2,1-4H3. The van der Waals surface area contributed by atoms with E-state index < -0.39 is 5.82 Å². The van der Waals surface area contributed by atoms with Crippen molar-refractivity contribution in [3.05, 3.63) is 52.1 Å². The van der Waals surface area contributed by atoms with E-state index in [1.165, 1.54) is 6.07 Å².